The van der Waals surface area contributed by atoms with Gasteiger partial charge in [0.25, 0.3) is 5.91 Å². The van der Waals surface area contributed by atoms with Gasteiger partial charge in [-0.15, -0.1) is 10.2 Å². The third-order valence-electron chi connectivity index (χ3n) is 3.63. The maximum Gasteiger partial charge on any atom is 0.259 e. The monoisotopic (exact) mass is 341 g/mol. The highest BCUT2D eigenvalue weighted by atomic mass is 35.5. The van der Waals surface area contributed by atoms with Crippen LogP contribution in [0.1, 0.15) is 21.7 Å². The zero-order chi connectivity index (χ0) is 17.3. The second-order valence-corrected chi connectivity index (χ2v) is 5.85. The van der Waals surface area contributed by atoms with Crippen molar-refractivity contribution in [1.82, 2.24) is 20.0 Å². The third-order valence-corrected chi connectivity index (χ3v) is 3.84. The van der Waals surface area contributed by atoms with Gasteiger partial charge in [-0.25, -0.2) is 4.68 Å². The molecule has 0 fully saturated rings. The molecule has 3 aromatic rings. The molecule has 0 saturated heterocycles. The Balaban J connectivity index is 1.83. The van der Waals surface area contributed by atoms with Gasteiger partial charge in [0.1, 0.15) is 0 Å². The standard InChI is InChI=1S/C17H16ClN5O/c1-11-10-12(2)23(21-11)14-6-4-13(5-7-14)17(24)22(3)16-9-8-15(18)19-20-16/h4-10H,1-3H3. The van der Waals surface area contributed by atoms with Gasteiger partial charge < -0.3 is 0 Å². The van der Waals surface area contributed by atoms with Crippen molar-refractivity contribution in [3.63, 3.8) is 0 Å². The van der Waals surface area contributed by atoms with E-state index in [0.29, 0.717) is 11.4 Å². The van der Waals surface area contributed by atoms with Crippen molar-refractivity contribution in [3.05, 3.63) is 64.6 Å². The van der Waals surface area contributed by atoms with Crippen LogP contribution in [-0.4, -0.2) is 32.9 Å². The lowest BCUT2D eigenvalue weighted by atomic mass is 10.2. The molecule has 0 radical (unpaired) electrons. The number of amides is 1. The molecule has 2 aromatic heterocycles. The fourth-order valence-electron chi connectivity index (χ4n) is 2.42. The minimum atomic E-state index is -0.174. The first-order valence-corrected chi connectivity index (χ1v) is 7.74. The molecule has 1 aromatic carbocycles. The Morgan fingerprint density at radius 3 is 2.33 bits per heavy atom. The summed E-state index contributed by atoms with van der Waals surface area (Å²) >= 11 is 5.72. The lowest BCUT2D eigenvalue weighted by molar-refractivity contribution is 0.0992. The van der Waals surface area contributed by atoms with Crippen LogP contribution in [0.3, 0.4) is 0 Å². The first-order chi connectivity index (χ1) is 11.5. The number of rotatable bonds is 3. The van der Waals surface area contributed by atoms with Crippen LogP contribution in [0, 0.1) is 13.8 Å². The van der Waals surface area contributed by atoms with E-state index in [9.17, 15) is 4.79 Å². The Morgan fingerprint density at radius 1 is 1.08 bits per heavy atom. The number of carbonyl (C=O) groups is 1. The third kappa shape index (κ3) is 3.14. The van der Waals surface area contributed by atoms with Crippen molar-refractivity contribution in [2.24, 2.45) is 0 Å². The Kier molecular flexibility index (Phi) is 4.31. The molecule has 2 heterocycles. The van der Waals surface area contributed by atoms with Gasteiger partial charge in [0.2, 0.25) is 0 Å². The van der Waals surface area contributed by atoms with Crippen LogP contribution in [0.25, 0.3) is 5.69 Å². The summed E-state index contributed by atoms with van der Waals surface area (Å²) in [6, 6.07) is 12.5. The Bertz CT molecular complexity index is 871. The predicted molar refractivity (Wildman–Crippen MR) is 92.8 cm³/mol. The molecule has 0 atom stereocenters. The number of aryl methyl sites for hydroxylation is 2. The molecule has 7 heteroatoms. The summed E-state index contributed by atoms with van der Waals surface area (Å²) in [6.45, 7) is 3.94. The van der Waals surface area contributed by atoms with Crippen LogP contribution in [-0.2, 0) is 0 Å². The first kappa shape index (κ1) is 16.1. The van der Waals surface area contributed by atoms with Crippen LogP contribution in [0.2, 0.25) is 5.15 Å². The maximum absolute atomic E-state index is 12.6. The molecule has 0 aliphatic rings. The molecule has 3 rings (SSSR count). The van der Waals surface area contributed by atoms with Crippen LogP contribution in [0.4, 0.5) is 5.82 Å². The summed E-state index contributed by atoms with van der Waals surface area (Å²) in [5.41, 5.74) is 3.46. The van der Waals surface area contributed by atoms with E-state index >= 15 is 0 Å². The first-order valence-electron chi connectivity index (χ1n) is 7.36. The number of anilines is 1. The molecular weight excluding hydrogens is 326 g/mol. The lowest BCUT2D eigenvalue weighted by Gasteiger charge is -2.15. The molecule has 0 spiro atoms. The quantitative estimate of drug-likeness (QED) is 0.733. The van der Waals surface area contributed by atoms with Crippen molar-refractivity contribution in [2.75, 3.05) is 11.9 Å². The number of nitrogens with zero attached hydrogens (tertiary/aromatic N) is 5. The van der Waals surface area contributed by atoms with Crippen molar-refractivity contribution in [2.45, 2.75) is 13.8 Å². The summed E-state index contributed by atoms with van der Waals surface area (Å²) in [7, 11) is 1.65. The molecule has 122 valence electrons. The number of halogens is 1. The summed E-state index contributed by atoms with van der Waals surface area (Å²) < 4.78 is 1.85. The Labute approximate surface area is 144 Å². The molecule has 0 saturated carbocycles. The average Bonchev–Trinajstić information content (AvgIpc) is 2.93. The molecule has 1 amide bonds. The second kappa shape index (κ2) is 6.41. The normalized spacial score (nSPS) is 10.7. The molecule has 0 aliphatic heterocycles. The van der Waals surface area contributed by atoms with Gasteiger partial charge >= 0.3 is 0 Å². The topological polar surface area (TPSA) is 63.9 Å². The Morgan fingerprint density at radius 2 is 1.79 bits per heavy atom. The highest BCUT2D eigenvalue weighted by Gasteiger charge is 2.15. The van der Waals surface area contributed by atoms with E-state index in [1.54, 1.807) is 31.3 Å². The van der Waals surface area contributed by atoms with Gasteiger partial charge in [0.15, 0.2) is 11.0 Å². The average molecular weight is 342 g/mol. The number of carbonyl (C=O) groups excluding carboxylic acids is 1. The van der Waals surface area contributed by atoms with Crippen LogP contribution in [0.15, 0.2) is 42.5 Å². The van der Waals surface area contributed by atoms with E-state index in [-0.39, 0.29) is 11.1 Å². The van der Waals surface area contributed by atoms with Gasteiger partial charge in [-0.1, -0.05) is 11.6 Å². The SMILES string of the molecule is Cc1cc(C)n(-c2ccc(C(=O)N(C)c3ccc(Cl)nn3)cc2)n1. The van der Waals surface area contributed by atoms with Crippen LogP contribution >= 0.6 is 11.6 Å². The fraction of sp³-hybridized carbons (Fsp3) is 0.176. The summed E-state index contributed by atoms with van der Waals surface area (Å²) in [6.07, 6.45) is 0. The lowest BCUT2D eigenvalue weighted by Crippen LogP contribution is -2.27. The second-order valence-electron chi connectivity index (χ2n) is 5.46. The highest BCUT2D eigenvalue weighted by molar-refractivity contribution is 6.29. The molecule has 6 nitrogen and oxygen atoms in total. The minimum Gasteiger partial charge on any atom is -0.294 e. The van der Waals surface area contributed by atoms with Crippen molar-refractivity contribution < 1.29 is 4.79 Å². The van der Waals surface area contributed by atoms with Gasteiger partial charge in [0, 0.05) is 18.3 Å². The summed E-state index contributed by atoms with van der Waals surface area (Å²) in [5.74, 6) is 0.263. The van der Waals surface area contributed by atoms with Crippen molar-refractivity contribution in [1.29, 1.82) is 0 Å². The van der Waals surface area contributed by atoms with Gasteiger partial charge in [-0.2, -0.15) is 5.10 Å². The maximum atomic E-state index is 12.6. The van der Waals surface area contributed by atoms with E-state index in [4.69, 9.17) is 11.6 Å². The smallest absolute Gasteiger partial charge is 0.259 e. The van der Waals surface area contributed by atoms with E-state index in [2.05, 4.69) is 15.3 Å². The van der Waals surface area contributed by atoms with Crippen molar-refractivity contribution in [3.8, 4) is 5.69 Å². The molecule has 0 aliphatic carbocycles. The summed E-state index contributed by atoms with van der Waals surface area (Å²) in [5, 5.41) is 12.4. The van der Waals surface area contributed by atoms with E-state index in [0.717, 1.165) is 17.1 Å². The Hall–Kier alpha value is -2.73. The largest absolute Gasteiger partial charge is 0.294 e. The molecular formula is C17H16ClN5O. The number of hydrogen-bond donors (Lipinski definition) is 0. The number of benzene rings is 1. The highest BCUT2D eigenvalue weighted by Crippen LogP contribution is 2.16. The van der Waals surface area contributed by atoms with Gasteiger partial charge in [-0.3, -0.25) is 9.69 Å². The molecule has 0 N–H and O–H groups in total. The predicted octanol–water partition coefficient (Wildman–Crippen LogP) is 3.21. The minimum absolute atomic E-state index is 0.174. The van der Waals surface area contributed by atoms with E-state index in [1.165, 1.54) is 4.90 Å². The van der Waals surface area contributed by atoms with Gasteiger partial charge in [0.05, 0.1) is 11.4 Å². The molecule has 0 bridgehead atoms. The summed E-state index contributed by atoms with van der Waals surface area (Å²) in [4.78, 5) is 14.0. The number of hydrogen-bond acceptors (Lipinski definition) is 4. The van der Waals surface area contributed by atoms with Crippen LogP contribution < -0.4 is 4.90 Å². The van der Waals surface area contributed by atoms with E-state index < -0.39 is 0 Å². The fourth-order valence-corrected chi connectivity index (χ4v) is 2.52. The zero-order valence-corrected chi connectivity index (χ0v) is 14.3. The number of aromatic nitrogens is 4. The van der Waals surface area contributed by atoms with Gasteiger partial charge in [-0.05, 0) is 56.3 Å². The molecule has 24 heavy (non-hydrogen) atoms. The zero-order valence-electron chi connectivity index (χ0n) is 13.6. The molecule has 0 unspecified atom stereocenters. The van der Waals surface area contributed by atoms with Crippen LogP contribution in [0.5, 0.6) is 0 Å². The van der Waals surface area contributed by atoms with E-state index in [1.807, 2.05) is 36.7 Å². The van der Waals surface area contributed by atoms with Crippen molar-refractivity contribution >= 4 is 23.3 Å².